The predicted molar refractivity (Wildman–Crippen MR) is 112 cm³/mol. The summed E-state index contributed by atoms with van der Waals surface area (Å²) >= 11 is 4.23. The molecular formula is C19H16FI2NO3. The highest BCUT2D eigenvalue weighted by Crippen LogP contribution is 2.29. The van der Waals surface area contributed by atoms with Crippen molar-refractivity contribution in [2.24, 2.45) is 0 Å². The van der Waals surface area contributed by atoms with Gasteiger partial charge in [-0.05, 0) is 75.5 Å². The predicted octanol–water partition coefficient (Wildman–Crippen LogP) is 4.69. The van der Waals surface area contributed by atoms with Crippen molar-refractivity contribution in [2.45, 2.75) is 25.4 Å². The van der Waals surface area contributed by atoms with E-state index in [9.17, 15) is 14.0 Å². The average molecular weight is 579 g/mol. The highest BCUT2D eigenvalue weighted by atomic mass is 127. The molecule has 0 saturated carbocycles. The number of rotatable bonds is 6. The van der Waals surface area contributed by atoms with E-state index in [4.69, 9.17) is 4.74 Å². The van der Waals surface area contributed by atoms with Crippen LogP contribution < -0.4 is 4.74 Å². The summed E-state index contributed by atoms with van der Waals surface area (Å²) in [6.07, 6.45) is 0.241. The van der Waals surface area contributed by atoms with Crippen LogP contribution in [0.25, 0.3) is 0 Å². The van der Waals surface area contributed by atoms with Crippen molar-refractivity contribution in [2.75, 3.05) is 6.54 Å². The number of carbonyl (C=O) groups excluding carboxylic acids is 2. The summed E-state index contributed by atoms with van der Waals surface area (Å²) in [5, 5.41) is 0. The lowest BCUT2D eigenvalue weighted by molar-refractivity contribution is -0.138. The maximum Gasteiger partial charge on any atom is 0.229 e. The van der Waals surface area contributed by atoms with Gasteiger partial charge in [-0.15, -0.1) is 0 Å². The third kappa shape index (κ3) is 4.73. The molecular weight excluding hydrogens is 563 g/mol. The number of amides is 2. The van der Waals surface area contributed by atoms with Gasteiger partial charge in [0.15, 0.2) is 0 Å². The largest absolute Gasteiger partial charge is 0.486 e. The number of hydrogen-bond donors (Lipinski definition) is 0. The molecule has 0 spiro atoms. The molecule has 0 radical (unpaired) electrons. The SMILES string of the molecule is O=C1CCC(=O)N1CCC(Oc1cccc(I)c1)c1ccc(I)cc1F. The van der Waals surface area contributed by atoms with Gasteiger partial charge >= 0.3 is 0 Å². The molecule has 2 amide bonds. The first-order valence-electron chi connectivity index (χ1n) is 8.14. The van der Waals surface area contributed by atoms with E-state index < -0.39 is 6.10 Å². The maximum atomic E-state index is 14.5. The summed E-state index contributed by atoms with van der Waals surface area (Å²) in [5.41, 5.74) is 0.420. The molecule has 1 aliphatic heterocycles. The van der Waals surface area contributed by atoms with Crippen molar-refractivity contribution in [1.82, 2.24) is 4.90 Å². The third-order valence-electron chi connectivity index (χ3n) is 4.15. The highest BCUT2D eigenvalue weighted by molar-refractivity contribution is 14.1. The molecule has 3 rings (SSSR count). The molecule has 4 nitrogen and oxygen atoms in total. The Morgan fingerprint density at radius 1 is 1.04 bits per heavy atom. The number of nitrogens with zero attached hydrogens (tertiary/aromatic N) is 1. The highest BCUT2D eigenvalue weighted by Gasteiger charge is 2.30. The first-order valence-corrected chi connectivity index (χ1v) is 10.3. The monoisotopic (exact) mass is 579 g/mol. The van der Waals surface area contributed by atoms with Crippen LogP contribution in [0, 0.1) is 13.0 Å². The summed E-state index contributed by atoms with van der Waals surface area (Å²) in [5.74, 6) is -0.0808. The van der Waals surface area contributed by atoms with Crippen molar-refractivity contribution >= 4 is 57.0 Å². The molecule has 1 heterocycles. The maximum absolute atomic E-state index is 14.5. The molecule has 0 aliphatic carbocycles. The minimum atomic E-state index is -0.591. The van der Waals surface area contributed by atoms with Crippen molar-refractivity contribution in [3.63, 3.8) is 0 Å². The zero-order valence-corrected chi connectivity index (χ0v) is 18.1. The fraction of sp³-hybridized carbons (Fsp3) is 0.263. The van der Waals surface area contributed by atoms with Gasteiger partial charge in [0.25, 0.3) is 0 Å². The standard InChI is InChI=1S/C19H16FI2NO3/c20-16-11-13(22)4-5-15(16)17(26-14-3-1-2-12(21)10-14)8-9-23-18(24)6-7-19(23)25/h1-5,10-11,17H,6-9H2. The molecule has 136 valence electrons. The van der Waals surface area contributed by atoms with Crippen LogP contribution in [-0.4, -0.2) is 23.3 Å². The van der Waals surface area contributed by atoms with Crippen LogP contribution >= 0.6 is 45.2 Å². The van der Waals surface area contributed by atoms with Crippen LogP contribution in [0.3, 0.4) is 0 Å². The second-order valence-electron chi connectivity index (χ2n) is 5.96. The summed E-state index contributed by atoms with van der Waals surface area (Å²) in [7, 11) is 0. The van der Waals surface area contributed by atoms with Crippen LogP contribution in [0.1, 0.15) is 30.9 Å². The Bertz CT molecular complexity index is 827. The summed E-state index contributed by atoms with van der Waals surface area (Å²) in [4.78, 5) is 24.9. The zero-order valence-electron chi connectivity index (χ0n) is 13.8. The number of halogens is 3. The van der Waals surface area contributed by atoms with E-state index in [1.165, 1.54) is 11.0 Å². The lowest BCUT2D eigenvalue weighted by Crippen LogP contribution is -2.31. The van der Waals surface area contributed by atoms with Gasteiger partial charge < -0.3 is 4.74 Å². The van der Waals surface area contributed by atoms with Gasteiger partial charge in [0, 0.05) is 38.5 Å². The molecule has 0 N–H and O–H groups in total. The molecule has 0 bridgehead atoms. The topological polar surface area (TPSA) is 46.6 Å². The molecule has 1 unspecified atom stereocenters. The minimum absolute atomic E-state index is 0.175. The van der Waals surface area contributed by atoms with Gasteiger partial charge in [0.1, 0.15) is 17.7 Å². The Morgan fingerprint density at radius 3 is 2.38 bits per heavy atom. The Morgan fingerprint density at radius 2 is 1.73 bits per heavy atom. The third-order valence-corrected chi connectivity index (χ3v) is 5.50. The molecule has 26 heavy (non-hydrogen) atoms. The van der Waals surface area contributed by atoms with Crippen LogP contribution in [0.4, 0.5) is 4.39 Å². The van der Waals surface area contributed by atoms with E-state index in [1.807, 2.05) is 30.3 Å². The Balaban J connectivity index is 1.83. The Hall–Kier alpha value is -1.23. The van der Waals surface area contributed by atoms with Gasteiger partial charge in [-0.25, -0.2) is 4.39 Å². The number of likely N-dealkylation sites (tertiary alicyclic amines) is 1. The fourth-order valence-electron chi connectivity index (χ4n) is 2.86. The van der Waals surface area contributed by atoms with E-state index in [1.54, 1.807) is 6.07 Å². The van der Waals surface area contributed by atoms with E-state index in [2.05, 4.69) is 45.2 Å². The van der Waals surface area contributed by atoms with Crippen LogP contribution in [0.2, 0.25) is 0 Å². The van der Waals surface area contributed by atoms with Crippen LogP contribution in [-0.2, 0) is 9.59 Å². The molecule has 1 saturated heterocycles. The van der Waals surface area contributed by atoms with E-state index >= 15 is 0 Å². The molecule has 7 heteroatoms. The van der Waals surface area contributed by atoms with Gasteiger partial charge in [0.2, 0.25) is 11.8 Å². The molecule has 0 aromatic heterocycles. The average Bonchev–Trinajstić information content (AvgIpc) is 2.90. The number of imide groups is 1. The number of hydrogen-bond acceptors (Lipinski definition) is 3. The quantitative estimate of drug-likeness (QED) is 0.369. The van der Waals surface area contributed by atoms with Crippen molar-refractivity contribution in [3.05, 3.63) is 61.0 Å². The first-order chi connectivity index (χ1) is 12.4. The Labute approximate surface area is 178 Å². The molecule has 1 fully saturated rings. The molecule has 2 aromatic rings. The lowest BCUT2D eigenvalue weighted by atomic mass is 10.1. The van der Waals surface area contributed by atoms with Gasteiger partial charge in [-0.1, -0.05) is 12.1 Å². The summed E-state index contributed by atoms with van der Waals surface area (Å²) in [6.45, 7) is 0.220. The normalized spacial score (nSPS) is 15.4. The second kappa shape index (κ2) is 8.64. The molecule has 1 atom stereocenters. The lowest BCUT2D eigenvalue weighted by Gasteiger charge is -2.23. The number of carbonyl (C=O) groups is 2. The van der Waals surface area contributed by atoms with Crippen molar-refractivity contribution < 1.29 is 18.7 Å². The smallest absolute Gasteiger partial charge is 0.229 e. The summed E-state index contributed by atoms with van der Waals surface area (Å²) in [6, 6.07) is 12.4. The fourth-order valence-corrected chi connectivity index (χ4v) is 3.83. The van der Waals surface area contributed by atoms with E-state index in [0.29, 0.717) is 17.7 Å². The summed E-state index contributed by atoms with van der Waals surface area (Å²) < 4.78 is 22.3. The molecule has 1 aliphatic rings. The van der Waals surface area contributed by atoms with Crippen LogP contribution in [0.5, 0.6) is 5.75 Å². The van der Waals surface area contributed by atoms with E-state index in [0.717, 1.165) is 7.14 Å². The van der Waals surface area contributed by atoms with Crippen molar-refractivity contribution in [1.29, 1.82) is 0 Å². The van der Waals surface area contributed by atoms with E-state index in [-0.39, 0.29) is 37.0 Å². The van der Waals surface area contributed by atoms with Gasteiger partial charge in [0.05, 0.1) is 0 Å². The Kier molecular flexibility index (Phi) is 6.49. The second-order valence-corrected chi connectivity index (χ2v) is 8.45. The number of ether oxygens (including phenoxy) is 1. The van der Waals surface area contributed by atoms with Crippen molar-refractivity contribution in [3.8, 4) is 5.75 Å². The zero-order chi connectivity index (χ0) is 18.7. The molecule has 2 aromatic carbocycles. The van der Waals surface area contributed by atoms with Gasteiger partial charge in [-0.3, -0.25) is 14.5 Å². The van der Waals surface area contributed by atoms with Gasteiger partial charge in [-0.2, -0.15) is 0 Å². The number of benzene rings is 2. The van der Waals surface area contributed by atoms with Crippen LogP contribution in [0.15, 0.2) is 42.5 Å². The minimum Gasteiger partial charge on any atom is -0.486 e. The first kappa shape index (κ1) is 19.5.